The molecule has 3 aromatic rings. The Labute approximate surface area is 162 Å². The third-order valence-corrected chi connectivity index (χ3v) is 3.91. The molecule has 0 fully saturated rings. The molecule has 3 rings (SSSR count). The zero-order valence-electron chi connectivity index (χ0n) is 16.0. The van der Waals surface area contributed by atoms with Crippen molar-refractivity contribution in [2.75, 3.05) is 13.7 Å². The van der Waals surface area contributed by atoms with Crippen molar-refractivity contribution >= 4 is 28.6 Å². The Hall–Kier alpha value is -2.71. The van der Waals surface area contributed by atoms with E-state index in [9.17, 15) is 4.79 Å². The van der Waals surface area contributed by atoms with Crippen molar-refractivity contribution in [3.8, 4) is 11.6 Å². The van der Waals surface area contributed by atoms with Crippen molar-refractivity contribution < 1.29 is 20.4 Å². The molecule has 1 atom stereocenters. The molecule has 142 valence electrons. The highest BCUT2D eigenvalue weighted by molar-refractivity contribution is 6.32. The van der Waals surface area contributed by atoms with Crippen LogP contribution in [0.3, 0.4) is 0 Å². The van der Waals surface area contributed by atoms with Crippen LogP contribution in [0.1, 0.15) is 15.2 Å². The van der Waals surface area contributed by atoms with Crippen LogP contribution in [0, 0.1) is 0 Å². The van der Waals surface area contributed by atoms with Gasteiger partial charge in [0, 0.05) is 0 Å². The van der Waals surface area contributed by atoms with Gasteiger partial charge >= 0.3 is 5.97 Å². The van der Waals surface area contributed by atoms with Crippen molar-refractivity contribution in [2.45, 2.75) is 26.0 Å². The van der Waals surface area contributed by atoms with Crippen LogP contribution in [-0.4, -0.2) is 51.6 Å². The number of halogens is 1. The van der Waals surface area contributed by atoms with Crippen molar-refractivity contribution in [3.05, 3.63) is 41.8 Å². The molecule has 0 saturated carbocycles. The summed E-state index contributed by atoms with van der Waals surface area (Å²) in [6.45, 7) is 3.24. The first-order valence-corrected chi connectivity index (χ1v) is 8.56. The Morgan fingerprint density at radius 2 is 2.11 bits per heavy atom. The molecule has 2 heterocycles. The van der Waals surface area contributed by atoms with Crippen LogP contribution in [0.5, 0.6) is 5.88 Å². The second-order valence-corrected chi connectivity index (χ2v) is 6.21. The molecule has 0 N–H and O–H groups in total. The van der Waals surface area contributed by atoms with Gasteiger partial charge in [-0.1, -0.05) is 23.7 Å². The zero-order chi connectivity index (χ0) is 20.3. The lowest BCUT2D eigenvalue weighted by Crippen LogP contribution is -2.34. The van der Waals surface area contributed by atoms with Gasteiger partial charge in [-0.15, -0.1) is 0 Å². The van der Waals surface area contributed by atoms with E-state index in [4.69, 9.17) is 27.2 Å². The monoisotopic (exact) mass is 391 g/mol. The Kier molecular flexibility index (Phi) is 5.45. The quantitative estimate of drug-likeness (QED) is 0.572. The summed E-state index contributed by atoms with van der Waals surface area (Å²) in [5, 5.41) is 5.20. The minimum Gasteiger partial charge on any atom is -0.466 e. The topological polar surface area (TPSA) is 88.4 Å². The molecule has 0 spiro atoms. The molecule has 0 radical (unpaired) electrons. The van der Waals surface area contributed by atoms with Gasteiger partial charge in [0.25, 0.3) is 0 Å². The number of nitrogens with zero attached hydrogens (tertiary/aromatic N) is 4. The van der Waals surface area contributed by atoms with Crippen LogP contribution in [0.15, 0.2) is 36.8 Å². The molecular weight excluding hydrogens is 372 g/mol. The first-order valence-electron chi connectivity index (χ1n) is 8.68. The van der Waals surface area contributed by atoms with E-state index in [-0.39, 0.29) is 18.6 Å². The van der Waals surface area contributed by atoms with Gasteiger partial charge in [-0.2, -0.15) is 5.10 Å². The summed E-state index contributed by atoms with van der Waals surface area (Å²) in [6.07, 6.45) is 0.404. The SMILES string of the molecule is [2H][C@@](COC(C)C)(Oc1ncnc2c1cnn2-c1ccccc1Cl)C(=O)OC. The lowest BCUT2D eigenvalue weighted by molar-refractivity contribution is -0.152. The molecule has 8 nitrogen and oxygen atoms in total. The van der Waals surface area contributed by atoms with Crippen LogP contribution in [0.4, 0.5) is 0 Å². The molecule has 27 heavy (non-hydrogen) atoms. The van der Waals surface area contributed by atoms with Crippen LogP contribution < -0.4 is 4.74 Å². The number of fused-ring (bicyclic) bond motifs is 1. The molecule has 2 aromatic heterocycles. The number of carbonyl (C=O) groups is 1. The first kappa shape index (κ1) is 17.7. The maximum absolute atomic E-state index is 12.2. The number of hydrogen-bond acceptors (Lipinski definition) is 7. The number of esters is 1. The van der Waals surface area contributed by atoms with Gasteiger partial charge in [0.2, 0.25) is 12.0 Å². The van der Waals surface area contributed by atoms with E-state index in [0.717, 1.165) is 0 Å². The third-order valence-electron chi connectivity index (χ3n) is 3.59. The summed E-state index contributed by atoms with van der Waals surface area (Å²) >= 11 is 6.25. The minimum atomic E-state index is -2.13. The maximum atomic E-state index is 12.2. The fourth-order valence-corrected chi connectivity index (χ4v) is 2.52. The average Bonchev–Trinajstić information content (AvgIpc) is 3.11. The Morgan fingerprint density at radius 3 is 2.81 bits per heavy atom. The molecule has 0 amide bonds. The molecule has 9 heteroatoms. The number of benzene rings is 1. The number of ether oxygens (including phenoxy) is 3. The summed E-state index contributed by atoms with van der Waals surface area (Å²) in [4.78, 5) is 20.5. The molecule has 0 aliphatic rings. The highest BCUT2D eigenvalue weighted by Gasteiger charge is 2.25. The van der Waals surface area contributed by atoms with E-state index in [1.54, 1.807) is 32.0 Å². The average molecular weight is 392 g/mol. The highest BCUT2D eigenvalue weighted by atomic mass is 35.5. The van der Waals surface area contributed by atoms with Gasteiger partial charge in [0.1, 0.15) is 11.7 Å². The van der Waals surface area contributed by atoms with Crippen molar-refractivity contribution in [1.29, 1.82) is 0 Å². The predicted octanol–water partition coefficient (Wildman–Crippen LogP) is 2.81. The van der Waals surface area contributed by atoms with Crippen molar-refractivity contribution in [3.63, 3.8) is 0 Å². The minimum absolute atomic E-state index is 0.0102. The molecule has 0 unspecified atom stereocenters. The van der Waals surface area contributed by atoms with Gasteiger partial charge in [0.15, 0.2) is 5.65 Å². The van der Waals surface area contributed by atoms with Crippen LogP contribution in [0.25, 0.3) is 16.7 Å². The normalized spacial score (nSPS) is 14.0. The Morgan fingerprint density at radius 1 is 1.33 bits per heavy atom. The summed E-state index contributed by atoms with van der Waals surface area (Å²) in [7, 11) is 1.18. The van der Waals surface area contributed by atoms with Crippen LogP contribution in [-0.2, 0) is 14.3 Å². The van der Waals surface area contributed by atoms with E-state index < -0.39 is 12.0 Å². The van der Waals surface area contributed by atoms with Gasteiger partial charge in [0.05, 0.1) is 38.1 Å². The fourth-order valence-electron chi connectivity index (χ4n) is 2.31. The first-order chi connectivity index (χ1) is 13.4. The summed E-state index contributed by atoms with van der Waals surface area (Å²) < 4.78 is 25.7. The molecular formula is C18H19ClN4O4. The predicted molar refractivity (Wildman–Crippen MR) is 99.2 cm³/mol. The molecule has 0 aliphatic heterocycles. The zero-order valence-corrected chi connectivity index (χ0v) is 15.8. The third kappa shape index (κ3) is 4.17. The van der Waals surface area contributed by atoms with Crippen molar-refractivity contribution in [2.24, 2.45) is 0 Å². The number of aromatic nitrogens is 4. The second-order valence-electron chi connectivity index (χ2n) is 5.80. The Balaban J connectivity index is 2.01. The lowest BCUT2D eigenvalue weighted by Gasteiger charge is -2.18. The number of carbonyl (C=O) groups excluding carboxylic acids is 1. The smallest absolute Gasteiger partial charge is 0.349 e. The number of hydrogen-bond donors (Lipinski definition) is 0. The van der Waals surface area contributed by atoms with Gasteiger partial charge in [-0.25, -0.2) is 19.4 Å². The number of para-hydroxylation sites is 1. The van der Waals surface area contributed by atoms with E-state index in [1.807, 2.05) is 6.07 Å². The molecule has 0 bridgehead atoms. The fraction of sp³-hybridized carbons (Fsp3) is 0.333. The summed E-state index contributed by atoms with van der Waals surface area (Å²) in [5.74, 6) is -0.894. The summed E-state index contributed by atoms with van der Waals surface area (Å²) in [5.41, 5.74) is 1.03. The highest BCUT2D eigenvalue weighted by Crippen LogP contribution is 2.27. The maximum Gasteiger partial charge on any atom is 0.349 e. The number of methoxy groups -OCH3 is 1. The summed E-state index contributed by atoms with van der Waals surface area (Å²) in [6, 6.07) is 7.15. The van der Waals surface area contributed by atoms with E-state index >= 15 is 0 Å². The molecule has 0 aliphatic carbocycles. The Bertz CT molecular complexity index is 997. The van der Waals surface area contributed by atoms with Crippen LogP contribution >= 0.6 is 11.6 Å². The van der Waals surface area contributed by atoms with Crippen LogP contribution in [0.2, 0.25) is 5.02 Å². The van der Waals surface area contributed by atoms with E-state index in [2.05, 4.69) is 15.1 Å². The van der Waals surface area contributed by atoms with Crippen molar-refractivity contribution in [1.82, 2.24) is 19.7 Å². The van der Waals surface area contributed by atoms with Gasteiger partial charge in [-0.05, 0) is 26.0 Å². The van der Waals surface area contributed by atoms with E-state index in [0.29, 0.717) is 21.7 Å². The molecule has 0 saturated heterocycles. The van der Waals surface area contributed by atoms with E-state index in [1.165, 1.54) is 24.3 Å². The lowest BCUT2D eigenvalue weighted by atomic mass is 10.3. The number of rotatable bonds is 7. The standard InChI is InChI=1S/C18H19ClN4O4/c1-11(2)26-9-15(18(24)25-3)27-17-12-8-22-23(16(12)20-10-21-17)14-7-5-4-6-13(14)19/h4-8,10-11,15H,9H2,1-3H3/t15-/m0/s1/i15D. The molecule has 1 aromatic carbocycles. The largest absolute Gasteiger partial charge is 0.466 e. The second kappa shape index (κ2) is 8.32. The van der Waals surface area contributed by atoms with Gasteiger partial charge in [-0.3, -0.25) is 0 Å². The van der Waals surface area contributed by atoms with Gasteiger partial charge < -0.3 is 14.2 Å².